The normalized spacial score (nSPS) is 18.4. The van der Waals surface area contributed by atoms with Crippen molar-refractivity contribution in [2.24, 2.45) is 5.92 Å². The van der Waals surface area contributed by atoms with Crippen LogP contribution >= 0.6 is 0 Å². The van der Waals surface area contributed by atoms with Gasteiger partial charge in [-0.3, -0.25) is 0 Å². The summed E-state index contributed by atoms with van der Waals surface area (Å²) in [5.74, 6) is -0.858. The van der Waals surface area contributed by atoms with Gasteiger partial charge in [-0.15, -0.1) is 0 Å². The lowest BCUT2D eigenvalue weighted by atomic mass is 9.78. The highest BCUT2D eigenvalue weighted by molar-refractivity contribution is 5.67. The molecule has 4 rings (SSSR count). The lowest BCUT2D eigenvalue weighted by Gasteiger charge is -2.27. The van der Waals surface area contributed by atoms with Crippen molar-refractivity contribution in [2.45, 2.75) is 51.9 Å². The van der Waals surface area contributed by atoms with Gasteiger partial charge >= 0.3 is 0 Å². The lowest BCUT2D eigenvalue weighted by molar-refractivity contribution is 0.336. The molecule has 0 bridgehead atoms. The first-order valence-electron chi connectivity index (χ1n) is 12.2. The maximum Gasteiger partial charge on any atom is 0.167 e. The Kier molecular flexibility index (Phi) is 7.77. The van der Waals surface area contributed by atoms with E-state index in [1.54, 1.807) is 18.2 Å². The van der Waals surface area contributed by atoms with E-state index < -0.39 is 11.6 Å². The molecule has 0 N–H and O–H groups in total. The van der Waals surface area contributed by atoms with Crippen LogP contribution in [0.5, 0.6) is 5.75 Å². The van der Waals surface area contributed by atoms with Crippen LogP contribution in [0.25, 0.3) is 17.2 Å². The average molecular weight is 465 g/mol. The summed E-state index contributed by atoms with van der Waals surface area (Å²) in [5, 5.41) is 0. The Hall–Kier alpha value is -3.01. The molecule has 0 heterocycles. The zero-order valence-corrected chi connectivity index (χ0v) is 19.8. The third kappa shape index (κ3) is 5.38. The van der Waals surface area contributed by atoms with Gasteiger partial charge in [0.25, 0.3) is 0 Å². The van der Waals surface area contributed by atoms with Crippen LogP contribution in [-0.4, -0.2) is 6.61 Å². The molecule has 3 aromatic rings. The van der Waals surface area contributed by atoms with Crippen molar-refractivity contribution >= 4 is 6.08 Å². The summed E-state index contributed by atoms with van der Waals surface area (Å²) >= 11 is 0. The Labute approximate surface area is 200 Å². The van der Waals surface area contributed by atoms with Crippen LogP contribution in [0.15, 0.2) is 60.7 Å². The van der Waals surface area contributed by atoms with Gasteiger partial charge in [-0.25, -0.2) is 13.2 Å². The number of halogens is 3. The number of hydrogen-bond acceptors (Lipinski definition) is 1. The molecule has 0 saturated heterocycles. The van der Waals surface area contributed by atoms with Crippen molar-refractivity contribution in [3.05, 3.63) is 94.8 Å². The summed E-state index contributed by atoms with van der Waals surface area (Å²) in [7, 11) is 0. The van der Waals surface area contributed by atoms with Gasteiger partial charge in [0, 0.05) is 17.2 Å². The molecule has 4 heteroatoms. The molecule has 0 unspecified atom stereocenters. The topological polar surface area (TPSA) is 9.23 Å². The van der Waals surface area contributed by atoms with E-state index in [2.05, 4.69) is 6.92 Å². The van der Waals surface area contributed by atoms with Crippen LogP contribution in [-0.2, 0) is 6.42 Å². The number of allylic oxidation sites excluding steroid dienone is 1. The SMILES string of the molecule is CCOc1ccc(C2CCC(/C=C/c3ccc(-c4ccc(CC)cc4)c(F)c3F)CC2)c(F)c1. The lowest BCUT2D eigenvalue weighted by Crippen LogP contribution is -2.13. The predicted molar refractivity (Wildman–Crippen MR) is 132 cm³/mol. The van der Waals surface area contributed by atoms with Gasteiger partial charge in [0.05, 0.1) is 6.61 Å². The Balaban J connectivity index is 1.40. The van der Waals surface area contributed by atoms with Gasteiger partial charge < -0.3 is 4.74 Å². The van der Waals surface area contributed by atoms with Crippen molar-refractivity contribution in [3.8, 4) is 16.9 Å². The first-order chi connectivity index (χ1) is 16.5. The monoisotopic (exact) mass is 464 g/mol. The molecule has 0 aliphatic heterocycles. The first-order valence-corrected chi connectivity index (χ1v) is 12.2. The fraction of sp³-hybridized carbons (Fsp3) is 0.333. The number of ether oxygens (including phenoxy) is 1. The Morgan fingerprint density at radius 3 is 2.24 bits per heavy atom. The van der Waals surface area contributed by atoms with E-state index in [9.17, 15) is 13.2 Å². The molecule has 34 heavy (non-hydrogen) atoms. The summed E-state index contributed by atoms with van der Waals surface area (Å²) in [5.41, 5.74) is 3.09. The van der Waals surface area contributed by atoms with E-state index in [1.807, 2.05) is 49.4 Å². The fourth-order valence-electron chi connectivity index (χ4n) is 4.79. The van der Waals surface area contributed by atoms with Gasteiger partial charge in [0.2, 0.25) is 0 Å². The molecule has 0 spiro atoms. The third-order valence-electron chi connectivity index (χ3n) is 6.83. The summed E-state index contributed by atoms with van der Waals surface area (Å²) in [4.78, 5) is 0. The van der Waals surface area contributed by atoms with Crippen molar-refractivity contribution in [3.63, 3.8) is 0 Å². The first kappa shape index (κ1) is 24.1. The summed E-state index contributed by atoms with van der Waals surface area (Å²) in [6.07, 6.45) is 8.06. The highest BCUT2D eigenvalue weighted by Gasteiger charge is 2.23. The minimum atomic E-state index is -0.821. The molecule has 0 amide bonds. The highest BCUT2D eigenvalue weighted by Crippen LogP contribution is 2.38. The van der Waals surface area contributed by atoms with E-state index in [0.717, 1.165) is 43.2 Å². The third-order valence-corrected chi connectivity index (χ3v) is 6.83. The molecule has 1 aliphatic rings. The van der Waals surface area contributed by atoms with Gasteiger partial charge in [-0.1, -0.05) is 61.5 Å². The van der Waals surface area contributed by atoms with Gasteiger partial charge in [-0.05, 0) is 73.6 Å². The number of hydrogen-bond donors (Lipinski definition) is 0. The van der Waals surface area contributed by atoms with Crippen LogP contribution in [0, 0.1) is 23.4 Å². The molecular weight excluding hydrogens is 433 g/mol. The molecule has 0 atom stereocenters. The highest BCUT2D eigenvalue weighted by atomic mass is 19.2. The standard InChI is InChI=1S/C30H31F3O/c1-3-20-5-10-23(11-6-20)27-17-15-24(29(32)30(27)33)14-9-21-7-12-22(13-8-21)26-18-16-25(34-4-2)19-28(26)31/h5-6,9-11,14-19,21-22H,3-4,7-8,12-13H2,1-2H3/b14-9+. The Morgan fingerprint density at radius 2 is 1.59 bits per heavy atom. The van der Waals surface area contributed by atoms with Gasteiger partial charge in [-0.2, -0.15) is 0 Å². The second-order valence-corrected chi connectivity index (χ2v) is 8.97. The molecule has 1 aliphatic carbocycles. The molecule has 1 saturated carbocycles. The molecule has 1 fully saturated rings. The van der Waals surface area contributed by atoms with Crippen molar-refractivity contribution < 1.29 is 17.9 Å². The summed E-state index contributed by atoms with van der Waals surface area (Å²) in [6.45, 7) is 4.44. The molecule has 3 aromatic carbocycles. The maximum absolute atomic E-state index is 14.8. The van der Waals surface area contributed by atoms with Crippen LogP contribution in [0.4, 0.5) is 13.2 Å². The summed E-state index contributed by atoms with van der Waals surface area (Å²) < 4.78 is 49.5. The largest absolute Gasteiger partial charge is 0.494 e. The molecule has 1 nitrogen and oxygen atoms in total. The quantitative estimate of drug-likeness (QED) is 0.340. The number of aryl methyl sites for hydroxylation is 1. The second-order valence-electron chi connectivity index (χ2n) is 8.97. The average Bonchev–Trinajstić information content (AvgIpc) is 2.86. The number of benzene rings is 3. The zero-order valence-electron chi connectivity index (χ0n) is 19.8. The minimum absolute atomic E-state index is 0.174. The van der Waals surface area contributed by atoms with E-state index in [4.69, 9.17) is 4.74 Å². The fourth-order valence-corrected chi connectivity index (χ4v) is 4.79. The smallest absolute Gasteiger partial charge is 0.167 e. The maximum atomic E-state index is 14.8. The van der Waals surface area contributed by atoms with Crippen molar-refractivity contribution in [1.29, 1.82) is 0 Å². The minimum Gasteiger partial charge on any atom is -0.494 e. The predicted octanol–water partition coefficient (Wildman–Crippen LogP) is 8.72. The number of rotatable bonds is 7. The van der Waals surface area contributed by atoms with Crippen LogP contribution in [0.2, 0.25) is 0 Å². The van der Waals surface area contributed by atoms with E-state index in [0.29, 0.717) is 17.9 Å². The second kappa shape index (κ2) is 10.9. The molecule has 0 radical (unpaired) electrons. The van der Waals surface area contributed by atoms with Crippen molar-refractivity contribution in [1.82, 2.24) is 0 Å². The van der Waals surface area contributed by atoms with Gasteiger partial charge in [0.15, 0.2) is 11.6 Å². The van der Waals surface area contributed by atoms with E-state index in [1.165, 1.54) is 6.07 Å². The zero-order chi connectivity index (χ0) is 24.1. The van der Waals surface area contributed by atoms with E-state index in [-0.39, 0.29) is 28.8 Å². The molecule has 0 aromatic heterocycles. The molecular formula is C30H31F3O. The van der Waals surface area contributed by atoms with Crippen LogP contribution < -0.4 is 4.74 Å². The van der Waals surface area contributed by atoms with Gasteiger partial charge in [0.1, 0.15) is 11.6 Å². The Bertz CT molecular complexity index is 1140. The van der Waals surface area contributed by atoms with Crippen LogP contribution in [0.3, 0.4) is 0 Å². The summed E-state index contributed by atoms with van der Waals surface area (Å²) in [6, 6.07) is 15.9. The van der Waals surface area contributed by atoms with Crippen LogP contribution in [0.1, 0.15) is 62.1 Å². The Morgan fingerprint density at radius 1 is 0.853 bits per heavy atom. The van der Waals surface area contributed by atoms with Crippen molar-refractivity contribution in [2.75, 3.05) is 6.61 Å². The molecule has 178 valence electrons. The van der Waals surface area contributed by atoms with E-state index >= 15 is 0 Å².